The summed E-state index contributed by atoms with van der Waals surface area (Å²) >= 11 is 0. The van der Waals surface area contributed by atoms with Gasteiger partial charge in [0, 0.05) is 11.6 Å². The molecule has 1 aromatic rings. The molecule has 1 spiro atoms. The van der Waals surface area contributed by atoms with Gasteiger partial charge in [0.2, 0.25) is 0 Å². The van der Waals surface area contributed by atoms with Crippen molar-refractivity contribution in [2.45, 2.75) is 58.0 Å². The average Bonchev–Trinajstić information content (AvgIpc) is 3.04. The van der Waals surface area contributed by atoms with Crippen molar-refractivity contribution >= 4 is 5.91 Å². The molecule has 2 nitrogen and oxygen atoms in total. The highest BCUT2D eigenvalue weighted by atomic mass is 16.2. The molecule has 0 saturated heterocycles. The van der Waals surface area contributed by atoms with Crippen LogP contribution < -0.4 is 0 Å². The van der Waals surface area contributed by atoms with E-state index in [0.717, 1.165) is 18.4 Å². The first-order valence-electron chi connectivity index (χ1n) is 6.95. The van der Waals surface area contributed by atoms with Gasteiger partial charge in [0.25, 0.3) is 5.91 Å². The van der Waals surface area contributed by atoms with E-state index in [9.17, 15) is 4.79 Å². The minimum Gasteiger partial charge on any atom is -0.326 e. The van der Waals surface area contributed by atoms with Gasteiger partial charge in [-0.3, -0.25) is 4.79 Å². The third-order valence-electron chi connectivity index (χ3n) is 4.36. The number of nitrogens with zero attached hydrogens (tertiary/aromatic N) is 1. The van der Waals surface area contributed by atoms with Gasteiger partial charge >= 0.3 is 0 Å². The van der Waals surface area contributed by atoms with Crippen molar-refractivity contribution in [1.29, 1.82) is 0 Å². The molecule has 2 aliphatic rings. The lowest BCUT2D eigenvalue weighted by Crippen LogP contribution is -2.39. The zero-order valence-electron chi connectivity index (χ0n) is 11.7. The maximum absolute atomic E-state index is 12.5. The first kappa shape index (κ1) is 11.8. The van der Waals surface area contributed by atoms with Crippen LogP contribution >= 0.6 is 0 Å². The second kappa shape index (κ2) is 3.59. The summed E-state index contributed by atoms with van der Waals surface area (Å²) in [5.41, 5.74) is 3.61. The smallest absolute Gasteiger partial charge is 0.255 e. The molecule has 0 bridgehead atoms. The van der Waals surface area contributed by atoms with Crippen LogP contribution in [-0.2, 0) is 5.54 Å². The summed E-state index contributed by atoms with van der Waals surface area (Å²) in [4.78, 5) is 14.6. The first-order chi connectivity index (χ1) is 8.47. The highest BCUT2D eigenvalue weighted by Gasteiger charge is 2.58. The number of benzene rings is 1. The molecule has 1 heterocycles. The Kier molecular flexibility index (Phi) is 2.35. The largest absolute Gasteiger partial charge is 0.326 e. The maximum atomic E-state index is 12.5. The highest BCUT2D eigenvalue weighted by Crippen LogP contribution is 2.57. The van der Waals surface area contributed by atoms with Gasteiger partial charge in [0.1, 0.15) is 0 Å². The van der Waals surface area contributed by atoms with Crippen molar-refractivity contribution in [1.82, 2.24) is 4.90 Å². The van der Waals surface area contributed by atoms with Crippen LogP contribution in [0, 0.1) is 0 Å². The third kappa shape index (κ3) is 1.38. The Labute approximate surface area is 109 Å². The van der Waals surface area contributed by atoms with Crippen LogP contribution in [0.5, 0.6) is 0 Å². The van der Waals surface area contributed by atoms with Crippen LogP contribution in [0.15, 0.2) is 18.2 Å². The standard InChI is InChI=1S/C16H21NO/c1-10(2)12-5-6-13-14(9-12)16(7-8-16)17(11(3)4)15(13)18/h5-6,9-11H,7-8H2,1-4H3. The third-order valence-corrected chi connectivity index (χ3v) is 4.36. The van der Waals surface area contributed by atoms with E-state index in [1.165, 1.54) is 11.1 Å². The Morgan fingerprint density at radius 2 is 1.83 bits per heavy atom. The Balaban J connectivity index is 2.13. The van der Waals surface area contributed by atoms with Crippen molar-refractivity contribution in [2.75, 3.05) is 0 Å². The topological polar surface area (TPSA) is 20.3 Å². The van der Waals surface area contributed by atoms with Crippen molar-refractivity contribution in [3.63, 3.8) is 0 Å². The van der Waals surface area contributed by atoms with Gasteiger partial charge in [0.15, 0.2) is 0 Å². The van der Waals surface area contributed by atoms with Crippen LogP contribution in [0.2, 0.25) is 0 Å². The molecule has 2 heteroatoms. The number of hydrogen-bond acceptors (Lipinski definition) is 1. The van der Waals surface area contributed by atoms with Crippen LogP contribution in [0.3, 0.4) is 0 Å². The van der Waals surface area contributed by atoms with Crippen molar-refractivity contribution in [3.8, 4) is 0 Å². The van der Waals surface area contributed by atoms with Crippen LogP contribution in [0.4, 0.5) is 0 Å². The molecule has 3 rings (SSSR count). The molecule has 0 unspecified atom stereocenters. The lowest BCUT2D eigenvalue weighted by Gasteiger charge is -2.29. The van der Waals surface area contributed by atoms with E-state index < -0.39 is 0 Å². The summed E-state index contributed by atoms with van der Waals surface area (Å²) in [5, 5.41) is 0. The molecular weight excluding hydrogens is 222 g/mol. The van der Waals surface area contributed by atoms with Gasteiger partial charge in [-0.2, -0.15) is 0 Å². The number of amides is 1. The van der Waals surface area contributed by atoms with Gasteiger partial charge < -0.3 is 4.90 Å². The molecule has 18 heavy (non-hydrogen) atoms. The molecular formula is C16H21NO. The van der Waals surface area contributed by atoms with E-state index in [-0.39, 0.29) is 17.5 Å². The zero-order valence-corrected chi connectivity index (χ0v) is 11.7. The predicted molar refractivity (Wildman–Crippen MR) is 72.7 cm³/mol. The van der Waals surface area contributed by atoms with Crippen LogP contribution in [0.1, 0.15) is 67.9 Å². The van der Waals surface area contributed by atoms with E-state index in [2.05, 4.69) is 44.7 Å². The maximum Gasteiger partial charge on any atom is 0.255 e. The molecule has 1 fully saturated rings. The van der Waals surface area contributed by atoms with Crippen LogP contribution in [0.25, 0.3) is 0 Å². The van der Waals surface area contributed by atoms with E-state index >= 15 is 0 Å². The first-order valence-corrected chi connectivity index (χ1v) is 6.95. The molecule has 1 saturated carbocycles. The molecule has 0 N–H and O–H groups in total. The minimum atomic E-state index is 0.0471. The Morgan fingerprint density at radius 1 is 1.17 bits per heavy atom. The summed E-state index contributed by atoms with van der Waals surface area (Å²) in [7, 11) is 0. The summed E-state index contributed by atoms with van der Waals surface area (Å²) in [6.45, 7) is 8.65. The van der Waals surface area contributed by atoms with Crippen LogP contribution in [-0.4, -0.2) is 16.8 Å². The van der Waals surface area contributed by atoms with Crippen molar-refractivity contribution < 1.29 is 4.79 Å². The minimum absolute atomic E-state index is 0.0471. The second-order valence-electron chi connectivity index (χ2n) is 6.26. The fraction of sp³-hybridized carbons (Fsp3) is 0.562. The molecule has 1 amide bonds. The monoisotopic (exact) mass is 243 g/mol. The molecule has 0 aromatic heterocycles. The fourth-order valence-corrected chi connectivity index (χ4v) is 3.30. The van der Waals surface area contributed by atoms with E-state index in [1.54, 1.807) is 0 Å². The highest BCUT2D eigenvalue weighted by molar-refractivity contribution is 6.01. The molecule has 1 aliphatic carbocycles. The van der Waals surface area contributed by atoms with E-state index in [4.69, 9.17) is 0 Å². The zero-order chi connectivity index (χ0) is 13.1. The van der Waals surface area contributed by atoms with Gasteiger partial charge in [0.05, 0.1) is 5.54 Å². The number of carbonyl (C=O) groups excluding carboxylic acids is 1. The predicted octanol–water partition coefficient (Wildman–Crippen LogP) is 3.66. The number of carbonyl (C=O) groups is 1. The quantitative estimate of drug-likeness (QED) is 0.776. The van der Waals surface area contributed by atoms with Crippen molar-refractivity contribution in [3.05, 3.63) is 34.9 Å². The summed E-state index contributed by atoms with van der Waals surface area (Å²) < 4.78 is 0. The van der Waals surface area contributed by atoms with Gasteiger partial charge in [-0.25, -0.2) is 0 Å². The number of hydrogen-bond donors (Lipinski definition) is 0. The molecule has 1 aromatic carbocycles. The van der Waals surface area contributed by atoms with Crippen molar-refractivity contribution in [2.24, 2.45) is 0 Å². The Morgan fingerprint density at radius 3 is 2.33 bits per heavy atom. The Hall–Kier alpha value is -1.31. The molecule has 1 aliphatic heterocycles. The summed E-state index contributed by atoms with van der Waals surface area (Å²) in [6, 6.07) is 6.71. The lowest BCUT2D eigenvalue weighted by molar-refractivity contribution is 0.0630. The normalized spacial score (nSPS) is 20.1. The summed E-state index contributed by atoms with van der Waals surface area (Å²) in [5.74, 6) is 0.752. The van der Waals surface area contributed by atoms with Gasteiger partial charge in [-0.15, -0.1) is 0 Å². The fourth-order valence-electron chi connectivity index (χ4n) is 3.30. The van der Waals surface area contributed by atoms with E-state index in [0.29, 0.717) is 5.92 Å². The molecule has 96 valence electrons. The van der Waals surface area contributed by atoms with Gasteiger partial charge in [-0.05, 0) is 49.8 Å². The average molecular weight is 243 g/mol. The molecule has 0 radical (unpaired) electrons. The Bertz CT molecular complexity index is 512. The number of rotatable bonds is 2. The number of fused-ring (bicyclic) bond motifs is 2. The summed E-state index contributed by atoms with van der Waals surface area (Å²) in [6.07, 6.45) is 2.26. The molecule has 0 atom stereocenters. The lowest BCUT2D eigenvalue weighted by atomic mass is 9.95. The van der Waals surface area contributed by atoms with Gasteiger partial charge in [-0.1, -0.05) is 26.0 Å². The SMILES string of the molecule is CC(C)c1ccc2c(c1)C1(CC1)N(C(C)C)C2=O. The second-order valence-corrected chi connectivity index (χ2v) is 6.26. The van der Waals surface area contributed by atoms with E-state index in [1.807, 2.05) is 6.07 Å².